The predicted molar refractivity (Wildman–Crippen MR) is 37.4 cm³/mol. The Morgan fingerprint density at radius 1 is 1.25 bits per heavy atom. The molecular formula is C7H11N. The Morgan fingerprint density at radius 2 is 2.00 bits per heavy atom. The van der Waals surface area contributed by atoms with Gasteiger partial charge in [-0.2, -0.15) is 0 Å². The van der Waals surface area contributed by atoms with Crippen molar-refractivity contribution in [2.45, 2.75) is 13.3 Å². The van der Waals surface area contributed by atoms with Crippen LogP contribution in [0.1, 0.15) is 13.3 Å². The summed E-state index contributed by atoms with van der Waals surface area (Å²) in [4.78, 5) is 0. The molecule has 0 aromatic rings. The zero-order valence-corrected chi connectivity index (χ0v) is 5.09. The van der Waals surface area contributed by atoms with Gasteiger partial charge in [0.1, 0.15) is 0 Å². The summed E-state index contributed by atoms with van der Waals surface area (Å²) in [7, 11) is 0. The molecule has 0 aliphatic carbocycles. The zero-order valence-electron chi connectivity index (χ0n) is 5.09. The van der Waals surface area contributed by atoms with Crippen molar-refractivity contribution in [1.29, 1.82) is 5.41 Å². The van der Waals surface area contributed by atoms with Gasteiger partial charge in [0.15, 0.2) is 0 Å². The Bertz CT molecular complexity index is 101. The van der Waals surface area contributed by atoms with Gasteiger partial charge in [-0.1, -0.05) is 25.2 Å². The van der Waals surface area contributed by atoms with Crippen LogP contribution in [-0.2, 0) is 0 Å². The second-order valence-electron chi connectivity index (χ2n) is 1.39. The molecule has 0 saturated heterocycles. The molecule has 0 fully saturated rings. The molecule has 0 saturated carbocycles. The Labute approximate surface area is 50.2 Å². The second-order valence-corrected chi connectivity index (χ2v) is 1.39. The topological polar surface area (TPSA) is 23.9 Å². The fourth-order valence-electron chi connectivity index (χ4n) is 0.334. The number of allylic oxidation sites excluding steroid dienone is 4. The number of rotatable bonds is 3. The monoisotopic (exact) mass is 109 g/mol. The van der Waals surface area contributed by atoms with E-state index < -0.39 is 0 Å². The first kappa shape index (κ1) is 7.15. The molecule has 0 unspecified atom stereocenters. The minimum absolute atomic E-state index is 1.06. The molecule has 0 heterocycles. The fourth-order valence-corrected chi connectivity index (χ4v) is 0.334. The molecule has 1 heteroatoms. The molecule has 0 spiro atoms. The highest BCUT2D eigenvalue weighted by Gasteiger charge is 1.59. The minimum atomic E-state index is 1.06. The van der Waals surface area contributed by atoms with E-state index in [1.165, 1.54) is 6.21 Å². The summed E-state index contributed by atoms with van der Waals surface area (Å²) >= 11 is 0. The van der Waals surface area contributed by atoms with E-state index in [0.29, 0.717) is 0 Å². The van der Waals surface area contributed by atoms with Gasteiger partial charge in [-0.05, 0) is 12.5 Å². The Balaban J connectivity index is 3.26. The molecule has 0 aromatic heterocycles. The standard InChI is InChI=1S/C7H11N/c1-2-3-4-5-6-7-8/h3-8H,2H2,1H3. The van der Waals surface area contributed by atoms with Crippen LogP contribution in [0.4, 0.5) is 0 Å². The molecule has 0 atom stereocenters. The summed E-state index contributed by atoms with van der Waals surface area (Å²) in [6, 6.07) is 0. The molecule has 0 aliphatic rings. The normalized spacial score (nSPS) is 11.1. The lowest BCUT2D eigenvalue weighted by Crippen LogP contribution is -1.54. The third-order valence-corrected chi connectivity index (χ3v) is 0.690. The first-order valence-electron chi connectivity index (χ1n) is 2.74. The average Bonchev–Trinajstić information content (AvgIpc) is 1.81. The van der Waals surface area contributed by atoms with Crippen LogP contribution in [0.15, 0.2) is 24.3 Å². The van der Waals surface area contributed by atoms with Crippen molar-refractivity contribution in [2.75, 3.05) is 0 Å². The van der Waals surface area contributed by atoms with Crippen LogP contribution in [0.5, 0.6) is 0 Å². The van der Waals surface area contributed by atoms with E-state index in [4.69, 9.17) is 5.41 Å². The van der Waals surface area contributed by atoms with Gasteiger partial charge < -0.3 is 5.41 Å². The Morgan fingerprint density at radius 3 is 2.50 bits per heavy atom. The van der Waals surface area contributed by atoms with Crippen LogP contribution >= 0.6 is 0 Å². The molecule has 0 amide bonds. The molecule has 0 aromatic carbocycles. The van der Waals surface area contributed by atoms with E-state index >= 15 is 0 Å². The van der Waals surface area contributed by atoms with Crippen molar-refractivity contribution in [1.82, 2.24) is 0 Å². The van der Waals surface area contributed by atoms with E-state index in [0.717, 1.165) is 6.42 Å². The Kier molecular flexibility index (Phi) is 5.50. The van der Waals surface area contributed by atoms with Gasteiger partial charge >= 0.3 is 0 Å². The van der Waals surface area contributed by atoms with Gasteiger partial charge in [0, 0.05) is 6.21 Å². The SMILES string of the molecule is CCC=CC=CC=N. The average molecular weight is 109 g/mol. The molecular weight excluding hydrogens is 98.1 g/mol. The summed E-state index contributed by atoms with van der Waals surface area (Å²) in [6.45, 7) is 2.08. The predicted octanol–water partition coefficient (Wildman–Crippen LogP) is 2.16. The van der Waals surface area contributed by atoms with Crippen LogP contribution in [0, 0.1) is 5.41 Å². The number of nitrogens with one attached hydrogen (secondary N) is 1. The number of hydrogen-bond donors (Lipinski definition) is 1. The smallest absolute Gasteiger partial charge is 0.0177 e. The first-order chi connectivity index (χ1) is 3.91. The number of hydrogen-bond acceptors (Lipinski definition) is 1. The molecule has 1 nitrogen and oxygen atoms in total. The highest BCUT2D eigenvalue weighted by Crippen LogP contribution is 1.79. The largest absolute Gasteiger partial charge is 0.309 e. The minimum Gasteiger partial charge on any atom is -0.309 e. The molecule has 0 rings (SSSR count). The molecule has 0 radical (unpaired) electrons. The summed E-state index contributed by atoms with van der Waals surface area (Å²) < 4.78 is 0. The van der Waals surface area contributed by atoms with E-state index in [9.17, 15) is 0 Å². The van der Waals surface area contributed by atoms with E-state index in [-0.39, 0.29) is 0 Å². The van der Waals surface area contributed by atoms with Crippen molar-refractivity contribution >= 4 is 6.21 Å². The van der Waals surface area contributed by atoms with Crippen LogP contribution < -0.4 is 0 Å². The van der Waals surface area contributed by atoms with Crippen LogP contribution in [0.2, 0.25) is 0 Å². The lowest BCUT2D eigenvalue weighted by Gasteiger charge is -1.71. The molecule has 1 N–H and O–H groups in total. The van der Waals surface area contributed by atoms with Crippen LogP contribution in [-0.4, -0.2) is 6.21 Å². The van der Waals surface area contributed by atoms with Crippen LogP contribution in [0.3, 0.4) is 0 Å². The van der Waals surface area contributed by atoms with E-state index in [2.05, 4.69) is 6.92 Å². The zero-order chi connectivity index (χ0) is 6.24. The fraction of sp³-hybridized carbons (Fsp3) is 0.286. The van der Waals surface area contributed by atoms with Gasteiger partial charge in [0.2, 0.25) is 0 Å². The highest BCUT2D eigenvalue weighted by atomic mass is 14.3. The van der Waals surface area contributed by atoms with Gasteiger partial charge in [-0.15, -0.1) is 0 Å². The third kappa shape index (κ3) is 5.15. The second kappa shape index (κ2) is 6.15. The van der Waals surface area contributed by atoms with E-state index in [1.807, 2.05) is 18.2 Å². The Hall–Kier alpha value is -0.850. The molecule has 0 bridgehead atoms. The van der Waals surface area contributed by atoms with Gasteiger partial charge in [0.05, 0.1) is 0 Å². The maximum Gasteiger partial charge on any atom is 0.0177 e. The first-order valence-corrected chi connectivity index (χ1v) is 2.74. The van der Waals surface area contributed by atoms with Gasteiger partial charge in [-0.25, -0.2) is 0 Å². The van der Waals surface area contributed by atoms with Crippen molar-refractivity contribution in [3.63, 3.8) is 0 Å². The summed E-state index contributed by atoms with van der Waals surface area (Å²) in [6.07, 6.45) is 9.83. The third-order valence-electron chi connectivity index (χ3n) is 0.690. The van der Waals surface area contributed by atoms with Gasteiger partial charge in [-0.3, -0.25) is 0 Å². The maximum absolute atomic E-state index is 6.59. The van der Waals surface area contributed by atoms with Crippen molar-refractivity contribution in [3.8, 4) is 0 Å². The van der Waals surface area contributed by atoms with Crippen molar-refractivity contribution in [2.24, 2.45) is 0 Å². The molecule has 44 valence electrons. The summed E-state index contributed by atoms with van der Waals surface area (Å²) in [5.41, 5.74) is 0. The van der Waals surface area contributed by atoms with Gasteiger partial charge in [0.25, 0.3) is 0 Å². The van der Waals surface area contributed by atoms with Crippen LogP contribution in [0.25, 0.3) is 0 Å². The molecule has 8 heavy (non-hydrogen) atoms. The highest BCUT2D eigenvalue weighted by molar-refractivity contribution is 5.68. The lowest BCUT2D eigenvalue weighted by molar-refractivity contribution is 1.22. The summed E-state index contributed by atoms with van der Waals surface area (Å²) in [5, 5.41) is 6.59. The van der Waals surface area contributed by atoms with Crippen molar-refractivity contribution in [3.05, 3.63) is 24.3 Å². The van der Waals surface area contributed by atoms with Crippen molar-refractivity contribution < 1.29 is 0 Å². The molecule has 0 aliphatic heterocycles. The lowest BCUT2D eigenvalue weighted by atomic mass is 10.4. The van der Waals surface area contributed by atoms with E-state index in [1.54, 1.807) is 6.08 Å². The summed E-state index contributed by atoms with van der Waals surface area (Å²) in [5.74, 6) is 0. The quantitative estimate of drug-likeness (QED) is 0.424. The maximum atomic E-state index is 6.59.